The second-order valence-electron chi connectivity index (χ2n) is 6.79. The van der Waals surface area contributed by atoms with Gasteiger partial charge in [0.05, 0.1) is 17.9 Å². The molecular formula is C19H26N4O2. The maximum atomic E-state index is 13.0. The molecule has 6 nitrogen and oxygen atoms in total. The van der Waals surface area contributed by atoms with Crippen LogP contribution in [0.2, 0.25) is 0 Å². The summed E-state index contributed by atoms with van der Waals surface area (Å²) < 4.78 is 5.75. The standard InChI is InChI=1S/C19H26N4O2/c1-14-18(11-20-21-14)19(24)23(13-17-5-4-10-25-17)12-15-6-8-16(9-7-15)22(2)3/h6-9,11,17H,4-5,10,12-13H2,1-3H3,(H,20,21)/t17-/m0/s1. The van der Waals surface area contributed by atoms with Gasteiger partial charge < -0.3 is 14.5 Å². The van der Waals surface area contributed by atoms with Crippen LogP contribution in [0.1, 0.15) is 34.5 Å². The van der Waals surface area contributed by atoms with Gasteiger partial charge in [-0.15, -0.1) is 0 Å². The van der Waals surface area contributed by atoms with Gasteiger partial charge >= 0.3 is 0 Å². The van der Waals surface area contributed by atoms with Crippen LogP contribution in [-0.2, 0) is 11.3 Å². The molecule has 0 aliphatic carbocycles. The zero-order valence-corrected chi connectivity index (χ0v) is 15.2. The summed E-state index contributed by atoms with van der Waals surface area (Å²) in [5.41, 5.74) is 3.68. The number of aromatic nitrogens is 2. The van der Waals surface area contributed by atoms with Gasteiger partial charge in [0.25, 0.3) is 5.91 Å². The molecule has 1 aromatic heterocycles. The monoisotopic (exact) mass is 342 g/mol. The molecule has 1 saturated heterocycles. The first kappa shape index (κ1) is 17.5. The van der Waals surface area contributed by atoms with Crippen LogP contribution in [0.15, 0.2) is 30.5 Å². The molecule has 25 heavy (non-hydrogen) atoms. The van der Waals surface area contributed by atoms with E-state index in [0.29, 0.717) is 18.7 Å². The lowest BCUT2D eigenvalue weighted by Gasteiger charge is -2.26. The van der Waals surface area contributed by atoms with Crippen molar-refractivity contribution in [2.75, 3.05) is 32.1 Å². The molecule has 6 heteroatoms. The molecule has 2 heterocycles. The van der Waals surface area contributed by atoms with Gasteiger partial charge in [0.2, 0.25) is 0 Å². The van der Waals surface area contributed by atoms with Crippen molar-refractivity contribution in [1.82, 2.24) is 15.1 Å². The maximum absolute atomic E-state index is 13.0. The van der Waals surface area contributed by atoms with E-state index in [0.717, 1.165) is 36.4 Å². The van der Waals surface area contributed by atoms with Gasteiger partial charge in [-0.1, -0.05) is 12.1 Å². The zero-order chi connectivity index (χ0) is 17.8. The highest BCUT2D eigenvalue weighted by Crippen LogP contribution is 2.19. The van der Waals surface area contributed by atoms with E-state index in [1.165, 1.54) is 0 Å². The molecule has 1 aliphatic rings. The number of carbonyl (C=O) groups is 1. The molecule has 2 aromatic rings. The Hall–Kier alpha value is -2.34. The van der Waals surface area contributed by atoms with Crippen molar-refractivity contribution in [2.24, 2.45) is 0 Å². The fraction of sp³-hybridized carbons (Fsp3) is 0.474. The molecule has 1 aliphatic heterocycles. The number of hydrogen-bond acceptors (Lipinski definition) is 4. The van der Waals surface area contributed by atoms with Crippen molar-refractivity contribution in [2.45, 2.75) is 32.4 Å². The molecule has 1 aromatic carbocycles. The second-order valence-corrected chi connectivity index (χ2v) is 6.79. The van der Waals surface area contributed by atoms with Crippen LogP contribution in [0.4, 0.5) is 5.69 Å². The van der Waals surface area contributed by atoms with Crippen LogP contribution in [0.25, 0.3) is 0 Å². The van der Waals surface area contributed by atoms with E-state index in [9.17, 15) is 4.79 Å². The molecule has 3 rings (SSSR count). The highest BCUT2D eigenvalue weighted by molar-refractivity contribution is 5.95. The topological polar surface area (TPSA) is 61.5 Å². The molecule has 0 radical (unpaired) electrons. The molecular weight excluding hydrogens is 316 g/mol. The molecule has 1 amide bonds. The summed E-state index contributed by atoms with van der Waals surface area (Å²) in [5.74, 6) is -0.00145. The van der Waals surface area contributed by atoms with Gasteiger partial charge in [0, 0.05) is 45.2 Å². The van der Waals surface area contributed by atoms with Crippen LogP contribution in [-0.4, -0.2) is 54.4 Å². The van der Waals surface area contributed by atoms with Crippen molar-refractivity contribution in [1.29, 1.82) is 0 Å². The van der Waals surface area contributed by atoms with Gasteiger partial charge in [-0.2, -0.15) is 5.10 Å². The normalized spacial score (nSPS) is 16.8. The third-order valence-corrected chi connectivity index (χ3v) is 4.62. The number of ether oxygens (including phenoxy) is 1. The molecule has 1 N–H and O–H groups in total. The molecule has 0 spiro atoms. The van der Waals surface area contributed by atoms with Crippen LogP contribution in [0, 0.1) is 6.92 Å². The van der Waals surface area contributed by atoms with E-state index in [1.54, 1.807) is 6.20 Å². The van der Waals surface area contributed by atoms with Crippen molar-refractivity contribution in [3.8, 4) is 0 Å². The number of nitrogens with one attached hydrogen (secondary N) is 1. The van der Waals surface area contributed by atoms with Crippen LogP contribution < -0.4 is 4.90 Å². The Kier molecular flexibility index (Phi) is 5.38. The number of nitrogens with zero attached hydrogens (tertiary/aromatic N) is 3. The number of H-pyrrole nitrogens is 1. The van der Waals surface area contributed by atoms with Crippen LogP contribution in [0.3, 0.4) is 0 Å². The molecule has 0 bridgehead atoms. The summed E-state index contributed by atoms with van der Waals surface area (Å²) in [6, 6.07) is 8.31. The third-order valence-electron chi connectivity index (χ3n) is 4.62. The van der Waals surface area contributed by atoms with Gasteiger partial charge in [0.15, 0.2) is 0 Å². The highest BCUT2D eigenvalue weighted by atomic mass is 16.5. The highest BCUT2D eigenvalue weighted by Gasteiger charge is 2.25. The predicted octanol–water partition coefficient (Wildman–Crippen LogP) is 2.61. The number of anilines is 1. The fourth-order valence-corrected chi connectivity index (χ4v) is 3.11. The summed E-state index contributed by atoms with van der Waals surface area (Å²) in [6.45, 7) is 3.83. The van der Waals surface area contributed by atoms with Crippen molar-refractivity contribution >= 4 is 11.6 Å². The van der Waals surface area contributed by atoms with E-state index in [1.807, 2.05) is 25.9 Å². The summed E-state index contributed by atoms with van der Waals surface area (Å²) in [6.07, 6.45) is 3.80. The molecule has 0 unspecified atom stereocenters. The van der Waals surface area contributed by atoms with Crippen molar-refractivity contribution in [3.63, 3.8) is 0 Å². The molecule has 1 fully saturated rings. The molecule has 1 atom stereocenters. The minimum absolute atomic E-state index is 0.00145. The lowest BCUT2D eigenvalue weighted by atomic mass is 10.1. The van der Waals surface area contributed by atoms with Gasteiger partial charge in [-0.3, -0.25) is 9.89 Å². The Morgan fingerprint density at radius 3 is 2.64 bits per heavy atom. The van der Waals surface area contributed by atoms with Gasteiger partial charge in [-0.05, 0) is 37.5 Å². The van der Waals surface area contributed by atoms with E-state index in [-0.39, 0.29) is 12.0 Å². The van der Waals surface area contributed by atoms with E-state index < -0.39 is 0 Å². The fourth-order valence-electron chi connectivity index (χ4n) is 3.11. The number of carbonyl (C=O) groups excluding carboxylic acids is 1. The maximum Gasteiger partial charge on any atom is 0.257 e. The Balaban J connectivity index is 1.77. The lowest BCUT2D eigenvalue weighted by molar-refractivity contribution is 0.0507. The Labute approximate surface area is 148 Å². The minimum Gasteiger partial charge on any atom is -0.378 e. The van der Waals surface area contributed by atoms with Gasteiger partial charge in [0.1, 0.15) is 0 Å². The molecule has 134 valence electrons. The van der Waals surface area contributed by atoms with E-state index in [2.05, 4.69) is 39.4 Å². The second kappa shape index (κ2) is 7.70. The number of amides is 1. The number of hydrogen-bond donors (Lipinski definition) is 1. The quantitative estimate of drug-likeness (QED) is 0.876. The first-order valence-electron chi connectivity index (χ1n) is 8.71. The van der Waals surface area contributed by atoms with Crippen molar-refractivity contribution in [3.05, 3.63) is 47.3 Å². The summed E-state index contributed by atoms with van der Waals surface area (Å²) in [5, 5.41) is 6.83. The van der Waals surface area contributed by atoms with E-state index >= 15 is 0 Å². The zero-order valence-electron chi connectivity index (χ0n) is 15.2. The Morgan fingerprint density at radius 1 is 1.32 bits per heavy atom. The number of aromatic amines is 1. The first-order chi connectivity index (χ1) is 12.0. The summed E-state index contributed by atoms with van der Waals surface area (Å²) in [4.78, 5) is 16.9. The largest absolute Gasteiger partial charge is 0.378 e. The Bertz CT molecular complexity index is 702. The van der Waals surface area contributed by atoms with Crippen molar-refractivity contribution < 1.29 is 9.53 Å². The summed E-state index contributed by atoms with van der Waals surface area (Å²) >= 11 is 0. The van der Waals surface area contributed by atoms with Gasteiger partial charge in [-0.25, -0.2) is 0 Å². The minimum atomic E-state index is -0.00145. The third kappa shape index (κ3) is 4.20. The average molecular weight is 342 g/mol. The smallest absolute Gasteiger partial charge is 0.257 e. The van der Waals surface area contributed by atoms with Crippen LogP contribution in [0.5, 0.6) is 0 Å². The average Bonchev–Trinajstić information content (AvgIpc) is 3.25. The lowest BCUT2D eigenvalue weighted by Crippen LogP contribution is -2.37. The first-order valence-corrected chi connectivity index (χ1v) is 8.71. The number of benzene rings is 1. The predicted molar refractivity (Wildman–Crippen MR) is 97.8 cm³/mol. The molecule has 0 saturated carbocycles. The number of rotatable bonds is 6. The SMILES string of the molecule is Cc1[nH]ncc1C(=O)N(Cc1ccc(N(C)C)cc1)C[C@@H]1CCCO1. The Morgan fingerprint density at radius 2 is 2.08 bits per heavy atom. The number of aryl methyl sites for hydroxylation is 1. The summed E-state index contributed by atoms with van der Waals surface area (Å²) in [7, 11) is 4.04. The van der Waals surface area contributed by atoms with Crippen LogP contribution >= 0.6 is 0 Å². The van der Waals surface area contributed by atoms with E-state index in [4.69, 9.17) is 4.74 Å².